The van der Waals surface area contributed by atoms with Gasteiger partial charge in [0.1, 0.15) is 11.7 Å². The molecule has 22 heavy (non-hydrogen) atoms. The molecule has 0 aliphatic carbocycles. The first kappa shape index (κ1) is 14.3. The molecule has 1 unspecified atom stereocenters. The molecule has 0 radical (unpaired) electrons. The Kier molecular flexibility index (Phi) is 3.66. The minimum absolute atomic E-state index is 0.309. The van der Waals surface area contributed by atoms with Crippen molar-refractivity contribution >= 4 is 11.9 Å². The summed E-state index contributed by atoms with van der Waals surface area (Å²) in [5, 5.41) is 16.0. The van der Waals surface area contributed by atoms with Gasteiger partial charge in [0.25, 0.3) is 5.91 Å². The maximum absolute atomic E-state index is 12.5. The first-order chi connectivity index (χ1) is 10.6. The predicted octanol–water partition coefficient (Wildman–Crippen LogP) is 2.07. The molecule has 1 fully saturated rings. The summed E-state index contributed by atoms with van der Waals surface area (Å²) in [5.74, 6) is -1.26. The third kappa shape index (κ3) is 2.59. The molecule has 1 amide bonds. The summed E-state index contributed by atoms with van der Waals surface area (Å²) in [7, 11) is 0. The van der Waals surface area contributed by atoms with E-state index in [-0.39, 0.29) is 5.91 Å². The standard InChI is InChI=1S/C16H17N3O3/c1-10-4-6-11(7-5-10)12-9-13(18-17-12)15(20)19-8-2-3-14(19)16(21)22/h4-7,9,14H,2-3,8H2,1H3,(H,17,18)(H,21,22). The number of amides is 1. The lowest BCUT2D eigenvalue weighted by atomic mass is 10.1. The first-order valence-electron chi connectivity index (χ1n) is 7.22. The van der Waals surface area contributed by atoms with E-state index in [4.69, 9.17) is 5.11 Å². The van der Waals surface area contributed by atoms with Crippen LogP contribution in [-0.4, -0.2) is 44.7 Å². The quantitative estimate of drug-likeness (QED) is 0.908. The van der Waals surface area contributed by atoms with Crippen LogP contribution in [0.1, 0.15) is 28.9 Å². The fourth-order valence-corrected chi connectivity index (χ4v) is 2.72. The number of hydrogen-bond acceptors (Lipinski definition) is 3. The molecule has 0 saturated carbocycles. The maximum Gasteiger partial charge on any atom is 0.326 e. The van der Waals surface area contributed by atoms with Gasteiger partial charge in [-0.2, -0.15) is 5.10 Å². The van der Waals surface area contributed by atoms with Gasteiger partial charge >= 0.3 is 5.97 Å². The number of aryl methyl sites for hydroxylation is 1. The number of benzene rings is 1. The van der Waals surface area contributed by atoms with Crippen molar-refractivity contribution in [3.63, 3.8) is 0 Å². The Morgan fingerprint density at radius 1 is 1.32 bits per heavy atom. The number of nitrogens with zero attached hydrogens (tertiary/aromatic N) is 2. The van der Waals surface area contributed by atoms with Gasteiger partial charge in [0.2, 0.25) is 0 Å². The highest BCUT2D eigenvalue weighted by Gasteiger charge is 2.35. The number of carbonyl (C=O) groups excluding carboxylic acids is 1. The molecule has 0 spiro atoms. The van der Waals surface area contributed by atoms with Crippen molar-refractivity contribution in [3.8, 4) is 11.3 Å². The molecule has 2 aromatic rings. The monoisotopic (exact) mass is 299 g/mol. The topological polar surface area (TPSA) is 86.3 Å². The van der Waals surface area contributed by atoms with Crippen LogP contribution in [0.25, 0.3) is 11.3 Å². The largest absolute Gasteiger partial charge is 0.480 e. The number of hydrogen-bond donors (Lipinski definition) is 2. The van der Waals surface area contributed by atoms with E-state index in [0.29, 0.717) is 30.8 Å². The van der Waals surface area contributed by atoms with Gasteiger partial charge in [-0.3, -0.25) is 9.89 Å². The highest BCUT2D eigenvalue weighted by molar-refractivity contribution is 5.96. The van der Waals surface area contributed by atoms with Crippen LogP contribution in [0.3, 0.4) is 0 Å². The van der Waals surface area contributed by atoms with E-state index >= 15 is 0 Å². The van der Waals surface area contributed by atoms with Crippen molar-refractivity contribution in [1.82, 2.24) is 15.1 Å². The second-order valence-electron chi connectivity index (χ2n) is 5.53. The van der Waals surface area contributed by atoms with Crippen molar-refractivity contribution in [2.45, 2.75) is 25.8 Å². The van der Waals surface area contributed by atoms with Crippen molar-refractivity contribution in [2.75, 3.05) is 6.54 Å². The van der Waals surface area contributed by atoms with Crippen LogP contribution in [0.15, 0.2) is 30.3 Å². The number of aliphatic carboxylic acids is 1. The molecule has 1 atom stereocenters. The molecule has 1 aliphatic rings. The highest BCUT2D eigenvalue weighted by Crippen LogP contribution is 2.22. The zero-order valence-corrected chi connectivity index (χ0v) is 12.2. The van der Waals surface area contributed by atoms with E-state index in [1.807, 2.05) is 31.2 Å². The van der Waals surface area contributed by atoms with E-state index in [1.54, 1.807) is 6.07 Å². The van der Waals surface area contributed by atoms with Crippen LogP contribution in [0.4, 0.5) is 0 Å². The molecule has 6 nitrogen and oxygen atoms in total. The smallest absolute Gasteiger partial charge is 0.326 e. The zero-order valence-electron chi connectivity index (χ0n) is 12.2. The summed E-state index contributed by atoms with van der Waals surface area (Å²) >= 11 is 0. The van der Waals surface area contributed by atoms with Crippen LogP contribution >= 0.6 is 0 Å². The van der Waals surface area contributed by atoms with Crippen molar-refractivity contribution < 1.29 is 14.7 Å². The molecule has 6 heteroatoms. The maximum atomic E-state index is 12.5. The number of carboxylic acids is 1. The molecular weight excluding hydrogens is 282 g/mol. The number of H-pyrrole nitrogens is 1. The number of carbonyl (C=O) groups is 2. The lowest BCUT2D eigenvalue weighted by molar-refractivity contribution is -0.141. The molecule has 0 bridgehead atoms. The second kappa shape index (κ2) is 5.63. The van der Waals surface area contributed by atoms with Crippen LogP contribution in [0.2, 0.25) is 0 Å². The Hall–Kier alpha value is -2.63. The predicted molar refractivity (Wildman–Crippen MR) is 80.5 cm³/mol. The minimum Gasteiger partial charge on any atom is -0.480 e. The number of nitrogens with one attached hydrogen (secondary N) is 1. The highest BCUT2D eigenvalue weighted by atomic mass is 16.4. The summed E-state index contributed by atoms with van der Waals surface area (Å²) in [6.45, 7) is 2.47. The van der Waals surface area contributed by atoms with Gasteiger partial charge in [-0.25, -0.2) is 4.79 Å². The van der Waals surface area contributed by atoms with Gasteiger partial charge in [0.05, 0.1) is 5.69 Å². The molecular formula is C16H17N3O3. The van der Waals surface area contributed by atoms with Gasteiger partial charge in [0.15, 0.2) is 0 Å². The molecule has 3 rings (SSSR count). The van der Waals surface area contributed by atoms with E-state index in [2.05, 4.69) is 10.2 Å². The molecule has 2 heterocycles. The van der Waals surface area contributed by atoms with E-state index < -0.39 is 12.0 Å². The van der Waals surface area contributed by atoms with E-state index in [9.17, 15) is 9.59 Å². The van der Waals surface area contributed by atoms with Gasteiger partial charge in [-0.1, -0.05) is 29.8 Å². The second-order valence-corrected chi connectivity index (χ2v) is 5.53. The van der Waals surface area contributed by atoms with Gasteiger partial charge in [0, 0.05) is 12.1 Å². The lowest BCUT2D eigenvalue weighted by Crippen LogP contribution is -2.40. The Morgan fingerprint density at radius 3 is 2.73 bits per heavy atom. The van der Waals surface area contributed by atoms with Gasteiger partial charge < -0.3 is 10.0 Å². The third-order valence-electron chi connectivity index (χ3n) is 3.95. The molecule has 2 N–H and O–H groups in total. The number of aromatic amines is 1. The Morgan fingerprint density at radius 2 is 2.05 bits per heavy atom. The van der Waals surface area contributed by atoms with Crippen LogP contribution in [0.5, 0.6) is 0 Å². The fraction of sp³-hybridized carbons (Fsp3) is 0.312. The van der Waals surface area contributed by atoms with Crippen molar-refractivity contribution in [3.05, 3.63) is 41.6 Å². The summed E-state index contributed by atoms with van der Waals surface area (Å²) < 4.78 is 0. The fourth-order valence-electron chi connectivity index (χ4n) is 2.72. The Bertz CT molecular complexity index is 706. The first-order valence-corrected chi connectivity index (χ1v) is 7.22. The summed E-state index contributed by atoms with van der Waals surface area (Å²) in [4.78, 5) is 25.0. The summed E-state index contributed by atoms with van der Waals surface area (Å²) in [5.41, 5.74) is 3.06. The average molecular weight is 299 g/mol. The van der Waals surface area contributed by atoms with Gasteiger partial charge in [-0.15, -0.1) is 0 Å². The van der Waals surface area contributed by atoms with E-state index in [0.717, 1.165) is 11.1 Å². The number of aromatic nitrogens is 2. The Balaban J connectivity index is 1.82. The van der Waals surface area contributed by atoms with E-state index in [1.165, 1.54) is 4.90 Å². The summed E-state index contributed by atoms with van der Waals surface area (Å²) in [6.07, 6.45) is 1.21. The van der Waals surface area contributed by atoms with Crippen LogP contribution in [-0.2, 0) is 4.79 Å². The molecule has 1 aliphatic heterocycles. The lowest BCUT2D eigenvalue weighted by Gasteiger charge is -2.20. The average Bonchev–Trinajstić information content (AvgIpc) is 3.17. The molecule has 1 saturated heterocycles. The van der Waals surface area contributed by atoms with Crippen molar-refractivity contribution in [1.29, 1.82) is 0 Å². The normalized spacial score (nSPS) is 17.7. The molecule has 1 aromatic carbocycles. The SMILES string of the molecule is Cc1ccc(-c2cc(C(=O)N3CCCC3C(=O)O)[nH]n2)cc1. The summed E-state index contributed by atoms with van der Waals surface area (Å²) in [6, 6.07) is 8.77. The van der Waals surface area contributed by atoms with Crippen molar-refractivity contribution in [2.24, 2.45) is 0 Å². The molecule has 1 aromatic heterocycles. The van der Waals surface area contributed by atoms with Crippen LogP contribution in [0, 0.1) is 6.92 Å². The third-order valence-corrected chi connectivity index (χ3v) is 3.95. The minimum atomic E-state index is -0.955. The zero-order chi connectivity index (χ0) is 15.7. The number of likely N-dealkylation sites (tertiary alicyclic amines) is 1. The Labute approximate surface area is 127 Å². The van der Waals surface area contributed by atoms with Crippen LogP contribution < -0.4 is 0 Å². The van der Waals surface area contributed by atoms with Gasteiger partial charge in [-0.05, 0) is 25.8 Å². The number of rotatable bonds is 3. The number of carboxylic acid groups (broad SMARTS) is 1. The molecule has 114 valence electrons.